The number of carbonyl (C=O) groups excluding carboxylic acids is 2. The summed E-state index contributed by atoms with van der Waals surface area (Å²) in [7, 11) is 0. The number of fused-ring (bicyclic) bond motifs is 1. The molecule has 3 atom stereocenters. The number of aliphatic hydroxyl groups is 2. The van der Waals surface area contributed by atoms with Crippen LogP contribution in [-0.2, 0) is 29.1 Å². The summed E-state index contributed by atoms with van der Waals surface area (Å²) in [5, 5.41) is 26.3. The average Bonchev–Trinajstić information content (AvgIpc) is 3.55. The van der Waals surface area contributed by atoms with Crippen molar-refractivity contribution in [2.24, 2.45) is 0 Å². The van der Waals surface area contributed by atoms with Crippen molar-refractivity contribution in [3.05, 3.63) is 123 Å². The summed E-state index contributed by atoms with van der Waals surface area (Å²) in [4.78, 5) is 31.8. The predicted octanol–water partition coefficient (Wildman–Crippen LogP) is 3.34. The molecule has 0 unspecified atom stereocenters. The molecule has 4 aromatic rings. The lowest BCUT2D eigenvalue weighted by molar-refractivity contribution is -0.154. The molecule has 3 aromatic carbocycles. The van der Waals surface area contributed by atoms with Gasteiger partial charge in [0, 0.05) is 18.3 Å². The average molecular weight is 532 g/mol. The Morgan fingerprint density at radius 1 is 1.03 bits per heavy atom. The van der Waals surface area contributed by atoms with Crippen molar-refractivity contribution in [3.63, 3.8) is 0 Å². The lowest BCUT2D eigenvalue weighted by Gasteiger charge is -2.29. The molecule has 194 valence electrons. The second kappa shape index (κ2) is 11.2. The summed E-state index contributed by atoms with van der Waals surface area (Å²) in [5.74, 6) is -2.16. The van der Waals surface area contributed by atoms with Crippen molar-refractivity contribution < 1.29 is 24.2 Å². The van der Waals surface area contributed by atoms with Crippen LogP contribution in [0.25, 0.3) is 0 Å². The highest BCUT2D eigenvalue weighted by Gasteiger charge is 2.40. The maximum Gasteiger partial charge on any atom is 0.255 e. The number of aromatic nitrogens is 1. The fourth-order valence-electron chi connectivity index (χ4n) is 4.66. The predicted molar refractivity (Wildman–Crippen MR) is 140 cm³/mol. The van der Waals surface area contributed by atoms with Gasteiger partial charge < -0.3 is 20.4 Å². The van der Waals surface area contributed by atoms with Crippen LogP contribution >= 0.6 is 11.3 Å². The minimum atomic E-state index is -2.00. The molecular weight excluding hydrogens is 505 g/mol. The van der Waals surface area contributed by atoms with Crippen LogP contribution < -0.4 is 5.32 Å². The Balaban J connectivity index is 1.24. The first kappa shape index (κ1) is 25.7. The third-order valence-electron chi connectivity index (χ3n) is 6.51. The highest BCUT2D eigenvalue weighted by Crippen LogP contribution is 2.39. The molecule has 1 aliphatic heterocycles. The smallest absolute Gasteiger partial charge is 0.255 e. The van der Waals surface area contributed by atoms with Gasteiger partial charge in [-0.05, 0) is 34.4 Å². The molecule has 38 heavy (non-hydrogen) atoms. The number of hydrogen-bond acceptors (Lipinski definition) is 6. The fourth-order valence-corrected chi connectivity index (χ4v) is 5.39. The Hall–Kier alpha value is -3.92. The van der Waals surface area contributed by atoms with Crippen LogP contribution in [0.4, 0.5) is 4.39 Å². The van der Waals surface area contributed by atoms with Gasteiger partial charge in [0.1, 0.15) is 10.8 Å². The third-order valence-corrected chi connectivity index (χ3v) is 7.41. The zero-order chi connectivity index (χ0) is 26.6. The molecule has 1 aliphatic rings. The van der Waals surface area contributed by atoms with E-state index in [-0.39, 0.29) is 13.1 Å². The van der Waals surface area contributed by atoms with E-state index in [0.717, 1.165) is 22.4 Å². The molecule has 0 bridgehead atoms. The van der Waals surface area contributed by atoms with E-state index < -0.39 is 35.9 Å². The number of halogens is 1. The zero-order valence-corrected chi connectivity index (χ0v) is 21.1. The van der Waals surface area contributed by atoms with Crippen LogP contribution in [-0.4, -0.2) is 44.1 Å². The summed E-state index contributed by atoms with van der Waals surface area (Å²) in [6, 6.07) is 22.5. The van der Waals surface area contributed by atoms with Crippen molar-refractivity contribution >= 4 is 23.2 Å². The van der Waals surface area contributed by atoms with Gasteiger partial charge in [0.2, 0.25) is 0 Å². The van der Waals surface area contributed by atoms with E-state index in [1.54, 1.807) is 12.1 Å². The lowest BCUT2D eigenvalue weighted by atomic mass is 9.97. The van der Waals surface area contributed by atoms with E-state index in [1.165, 1.54) is 28.4 Å². The van der Waals surface area contributed by atoms with Gasteiger partial charge in [-0.3, -0.25) is 9.59 Å². The lowest BCUT2D eigenvalue weighted by Crippen LogP contribution is -2.50. The van der Waals surface area contributed by atoms with E-state index in [0.29, 0.717) is 17.0 Å². The number of hydrogen-bond donors (Lipinski definition) is 3. The number of aliphatic hydroxyl groups excluding tert-OH is 2. The Labute approximate surface area is 223 Å². The SMILES string of the molecule is O=C(NCc1nc(Cc2ccccc2)cs1)[C@H](O)[C@@H](O)C(=O)N1Cc2ccccc2[C@H]1c1cccc(F)c1. The normalized spacial score (nSPS) is 16.1. The van der Waals surface area contributed by atoms with Gasteiger partial charge in [-0.1, -0.05) is 66.7 Å². The zero-order valence-electron chi connectivity index (χ0n) is 20.3. The van der Waals surface area contributed by atoms with Gasteiger partial charge in [-0.2, -0.15) is 0 Å². The summed E-state index contributed by atoms with van der Waals surface area (Å²) < 4.78 is 14.0. The Morgan fingerprint density at radius 2 is 1.79 bits per heavy atom. The summed E-state index contributed by atoms with van der Waals surface area (Å²) in [5.41, 5.74) is 4.15. The van der Waals surface area contributed by atoms with Gasteiger partial charge in [0.05, 0.1) is 18.3 Å². The molecule has 9 heteroatoms. The van der Waals surface area contributed by atoms with Crippen LogP contribution in [0.3, 0.4) is 0 Å². The van der Waals surface area contributed by atoms with E-state index >= 15 is 0 Å². The molecule has 0 saturated carbocycles. The number of benzene rings is 3. The van der Waals surface area contributed by atoms with Gasteiger partial charge in [0.15, 0.2) is 12.2 Å². The maximum absolute atomic E-state index is 14.0. The second-order valence-electron chi connectivity index (χ2n) is 9.12. The molecule has 1 aromatic heterocycles. The number of thiazole rings is 1. The van der Waals surface area contributed by atoms with Crippen LogP contribution in [0.1, 0.15) is 39.0 Å². The molecule has 2 heterocycles. The molecule has 3 N–H and O–H groups in total. The Kier molecular flexibility index (Phi) is 7.59. The minimum absolute atomic E-state index is 0.0529. The Bertz CT molecular complexity index is 1440. The standard InChI is InChI=1S/C29H26FN3O4S/c30-21-11-6-10-19(14-21)25-23-12-5-4-9-20(23)16-33(25)29(37)27(35)26(34)28(36)31-15-24-32-22(17-38-24)13-18-7-2-1-3-8-18/h1-12,14,17,25-27,34-35H,13,15-16H2,(H,31,36)/t25-,26-,27-/m1/s1. The van der Waals surface area contributed by atoms with Crippen LogP contribution in [0.5, 0.6) is 0 Å². The van der Waals surface area contributed by atoms with E-state index in [9.17, 15) is 24.2 Å². The minimum Gasteiger partial charge on any atom is -0.380 e. The number of nitrogens with one attached hydrogen (secondary N) is 1. The first-order valence-electron chi connectivity index (χ1n) is 12.2. The van der Waals surface area contributed by atoms with E-state index in [4.69, 9.17) is 0 Å². The molecule has 0 fully saturated rings. The van der Waals surface area contributed by atoms with Gasteiger partial charge >= 0.3 is 0 Å². The van der Waals surface area contributed by atoms with Gasteiger partial charge in [-0.15, -0.1) is 11.3 Å². The first-order chi connectivity index (χ1) is 18.4. The van der Waals surface area contributed by atoms with Crippen LogP contribution in [0, 0.1) is 5.82 Å². The molecule has 0 radical (unpaired) electrons. The number of amides is 2. The van der Waals surface area contributed by atoms with Crippen molar-refractivity contribution in [1.82, 2.24) is 15.2 Å². The second-order valence-corrected chi connectivity index (χ2v) is 10.1. The summed E-state index contributed by atoms with van der Waals surface area (Å²) in [6.45, 7) is 0.211. The summed E-state index contributed by atoms with van der Waals surface area (Å²) in [6.07, 6.45) is -3.32. The van der Waals surface area contributed by atoms with Crippen molar-refractivity contribution in [1.29, 1.82) is 0 Å². The fraction of sp³-hybridized carbons (Fsp3) is 0.207. The molecular formula is C29H26FN3O4S. The maximum atomic E-state index is 14.0. The molecule has 5 rings (SSSR count). The highest BCUT2D eigenvalue weighted by molar-refractivity contribution is 7.09. The van der Waals surface area contributed by atoms with Crippen molar-refractivity contribution in [2.75, 3.05) is 0 Å². The topological polar surface area (TPSA) is 103 Å². The van der Waals surface area contributed by atoms with E-state index in [2.05, 4.69) is 10.3 Å². The molecule has 0 aliphatic carbocycles. The molecule has 0 saturated heterocycles. The van der Waals surface area contributed by atoms with E-state index in [1.807, 2.05) is 60.0 Å². The van der Waals surface area contributed by atoms with Gasteiger partial charge in [0.25, 0.3) is 11.8 Å². The molecule has 7 nitrogen and oxygen atoms in total. The molecule has 2 amide bonds. The first-order valence-corrected chi connectivity index (χ1v) is 13.0. The largest absolute Gasteiger partial charge is 0.380 e. The van der Waals surface area contributed by atoms with Crippen LogP contribution in [0.15, 0.2) is 84.2 Å². The van der Waals surface area contributed by atoms with Gasteiger partial charge in [-0.25, -0.2) is 9.37 Å². The van der Waals surface area contributed by atoms with Crippen molar-refractivity contribution in [2.45, 2.75) is 37.8 Å². The highest BCUT2D eigenvalue weighted by atomic mass is 32.1. The Morgan fingerprint density at radius 3 is 2.58 bits per heavy atom. The number of carbonyl (C=O) groups is 2. The van der Waals surface area contributed by atoms with Crippen molar-refractivity contribution in [3.8, 4) is 0 Å². The quantitative estimate of drug-likeness (QED) is 0.324. The number of nitrogens with zero attached hydrogens (tertiary/aromatic N) is 2. The monoisotopic (exact) mass is 531 g/mol. The third kappa shape index (κ3) is 5.50. The molecule has 0 spiro atoms. The summed E-state index contributed by atoms with van der Waals surface area (Å²) >= 11 is 1.37. The van der Waals surface area contributed by atoms with Crippen LogP contribution in [0.2, 0.25) is 0 Å². The number of rotatable bonds is 8.